The van der Waals surface area contributed by atoms with E-state index in [0.717, 1.165) is 31.1 Å². The topological polar surface area (TPSA) is 58.2 Å². The van der Waals surface area contributed by atoms with E-state index in [0.29, 0.717) is 5.56 Å². The van der Waals surface area contributed by atoms with Gasteiger partial charge < -0.3 is 5.32 Å². The number of hydrogen-bond donors (Lipinski definition) is 2. The predicted octanol–water partition coefficient (Wildman–Crippen LogP) is 1.33. The van der Waals surface area contributed by atoms with Gasteiger partial charge >= 0.3 is 0 Å². The van der Waals surface area contributed by atoms with Crippen molar-refractivity contribution >= 4 is 10.0 Å². The highest BCUT2D eigenvalue weighted by Crippen LogP contribution is 2.18. The van der Waals surface area contributed by atoms with Crippen LogP contribution in [0.25, 0.3) is 0 Å². The predicted molar refractivity (Wildman–Crippen MR) is 71.9 cm³/mol. The Balaban J connectivity index is 2.16. The third-order valence-corrected chi connectivity index (χ3v) is 4.66. The molecule has 2 rings (SSSR count). The van der Waals surface area contributed by atoms with Gasteiger partial charge in [0.15, 0.2) is 0 Å². The second-order valence-corrected chi connectivity index (χ2v) is 6.23. The van der Waals surface area contributed by atoms with Crippen LogP contribution in [0.2, 0.25) is 0 Å². The number of halogens is 1. The molecule has 0 atom stereocenters. The first-order chi connectivity index (χ1) is 9.00. The Kier molecular flexibility index (Phi) is 4.34. The number of nitrogens with one attached hydrogen (secondary N) is 2. The van der Waals surface area contributed by atoms with Crippen molar-refractivity contribution in [3.63, 3.8) is 0 Å². The molecule has 0 amide bonds. The van der Waals surface area contributed by atoms with Gasteiger partial charge in [0.2, 0.25) is 10.0 Å². The molecule has 0 bridgehead atoms. The molecule has 1 aliphatic rings. The van der Waals surface area contributed by atoms with E-state index >= 15 is 0 Å². The van der Waals surface area contributed by atoms with Gasteiger partial charge in [0.05, 0.1) is 0 Å². The number of rotatable bonds is 4. The fourth-order valence-electron chi connectivity index (χ4n) is 2.05. The first kappa shape index (κ1) is 14.2. The van der Waals surface area contributed by atoms with E-state index in [2.05, 4.69) is 10.0 Å². The van der Waals surface area contributed by atoms with Gasteiger partial charge in [-0.25, -0.2) is 17.5 Å². The van der Waals surface area contributed by atoms with Gasteiger partial charge in [-0.2, -0.15) is 0 Å². The van der Waals surface area contributed by atoms with Crippen molar-refractivity contribution in [2.45, 2.75) is 18.2 Å². The summed E-state index contributed by atoms with van der Waals surface area (Å²) in [5.74, 6) is -0.716. The Morgan fingerprint density at radius 3 is 2.84 bits per heavy atom. The SMILES string of the molecule is Cc1cccc(F)c1S(=O)(=O)NCC1=CCNCC1. The van der Waals surface area contributed by atoms with Crippen molar-refractivity contribution < 1.29 is 12.8 Å². The smallest absolute Gasteiger partial charge is 0.244 e. The lowest BCUT2D eigenvalue weighted by atomic mass is 10.1. The summed E-state index contributed by atoms with van der Waals surface area (Å²) < 4.78 is 40.4. The zero-order chi connectivity index (χ0) is 13.9. The summed E-state index contributed by atoms with van der Waals surface area (Å²) in [6.45, 7) is 3.40. The third kappa shape index (κ3) is 3.40. The molecule has 1 aromatic rings. The second-order valence-electron chi connectivity index (χ2n) is 4.53. The number of aryl methyl sites for hydroxylation is 1. The quantitative estimate of drug-likeness (QED) is 0.820. The van der Waals surface area contributed by atoms with Crippen LogP contribution in [0, 0.1) is 12.7 Å². The molecule has 1 aliphatic heterocycles. The molecule has 0 aliphatic carbocycles. The Morgan fingerprint density at radius 2 is 2.21 bits per heavy atom. The van der Waals surface area contributed by atoms with Gasteiger partial charge in [-0.3, -0.25) is 0 Å². The summed E-state index contributed by atoms with van der Waals surface area (Å²) in [4.78, 5) is -0.260. The van der Waals surface area contributed by atoms with Crippen molar-refractivity contribution in [2.24, 2.45) is 0 Å². The van der Waals surface area contributed by atoms with E-state index in [1.807, 2.05) is 6.08 Å². The highest BCUT2D eigenvalue weighted by atomic mass is 32.2. The Bertz CT molecular complexity index is 576. The number of benzene rings is 1. The van der Waals surface area contributed by atoms with Crippen LogP contribution in [0.3, 0.4) is 0 Å². The van der Waals surface area contributed by atoms with Crippen LogP contribution in [-0.4, -0.2) is 28.1 Å². The minimum absolute atomic E-state index is 0.234. The molecule has 0 saturated carbocycles. The molecule has 1 heterocycles. The average molecular weight is 284 g/mol. The van der Waals surface area contributed by atoms with Gasteiger partial charge in [-0.05, 0) is 31.5 Å². The van der Waals surface area contributed by atoms with Crippen LogP contribution >= 0.6 is 0 Å². The summed E-state index contributed by atoms with van der Waals surface area (Å²) in [6, 6.07) is 4.24. The van der Waals surface area contributed by atoms with Crippen molar-refractivity contribution in [3.8, 4) is 0 Å². The van der Waals surface area contributed by atoms with Gasteiger partial charge in [0.1, 0.15) is 10.7 Å². The van der Waals surface area contributed by atoms with E-state index < -0.39 is 15.8 Å². The van der Waals surface area contributed by atoms with Crippen molar-refractivity contribution in [3.05, 3.63) is 41.2 Å². The highest BCUT2D eigenvalue weighted by Gasteiger charge is 2.21. The molecule has 0 saturated heterocycles. The highest BCUT2D eigenvalue weighted by molar-refractivity contribution is 7.89. The third-order valence-electron chi connectivity index (χ3n) is 3.08. The molecule has 4 nitrogen and oxygen atoms in total. The maximum absolute atomic E-state index is 13.7. The van der Waals surface area contributed by atoms with Crippen LogP contribution in [0.5, 0.6) is 0 Å². The fraction of sp³-hybridized carbons (Fsp3) is 0.385. The maximum atomic E-state index is 13.7. The zero-order valence-corrected chi connectivity index (χ0v) is 11.6. The lowest BCUT2D eigenvalue weighted by Crippen LogP contribution is -2.30. The van der Waals surface area contributed by atoms with Gasteiger partial charge in [0, 0.05) is 13.1 Å². The van der Waals surface area contributed by atoms with Gasteiger partial charge in [0.25, 0.3) is 0 Å². The number of hydrogen-bond acceptors (Lipinski definition) is 3. The molecule has 2 N–H and O–H groups in total. The van der Waals surface area contributed by atoms with Crippen molar-refractivity contribution in [2.75, 3.05) is 19.6 Å². The molecule has 6 heteroatoms. The number of sulfonamides is 1. The molecule has 0 aromatic heterocycles. The van der Waals surface area contributed by atoms with Gasteiger partial charge in [-0.1, -0.05) is 23.8 Å². The van der Waals surface area contributed by atoms with Gasteiger partial charge in [-0.15, -0.1) is 0 Å². The fourth-order valence-corrected chi connectivity index (χ4v) is 3.38. The van der Waals surface area contributed by atoms with E-state index in [-0.39, 0.29) is 11.4 Å². The standard InChI is InChI=1S/C13H17FN2O2S/c1-10-3-2-4-12(14)13(10)19(17,18)16-9-11-5-7-15-8-6-11/h2-5,15-16H,6-9H2,1H3. The molecular weight excluding hydrogens is 267 g/mol. The van der Waals surface area contributed by atoms with Crippen molar-refractivity contribution in [1.29, 1.82) is 0 Å². The average Bonchev–Trinajstić information content (AvgIpc) is 2.37. The second kappa shape index (κ2) is 5.81. The van der Waals surface area contributed by atoms with E-state index in [1.165, 1.54) is 6.07 Å². The molecule has 1 aromatic carbocycles. The molecule has 0 fully saturated rings. The zero-order valence-electron chi connectivity index (χ0n) is 10.7. The first-order valence-corrected chi connectivity index (χ1v) is 7.62. The summed E-state index contributed by atoms with van der Waals surface area (Å²) >= 11 is 0. The van der Waals surface area contributed by atoms with Crippen LogP contribution < -0.4 is 10.0 Å². The van der Waals surface area contributed by atoms with Crippen LogP contribution in [0.15, 0.2) is 34.7 Å². The Hall–Kier alpha value is -1.24. The Morgan fingerprint density at radius 1 is 1.42 bits per heavy atom. The minimum atomic E-state index is -3.81. The first-order valence-electron chi connectivity index (χ1n) is 6.14. The van der Waals surface area contributed by atoms with Crippen LogP contribution in [-0.2, 0) is 10.0 Å². The molecule has 0 unspecified atom stereocenters. The van der Waals surface area contributed by atoms with Crippen LogP contribution in [0.1, 0.15) is 12.0 Å². The monoisotopic (exact) mass is 284 g/mol. The minimum Gasteiger partial charge on any atom is -0.313 e. The van der Waals surface area contributed by atoms with E-state index in [1.54, 1.807) is 13.0 Å². The lowest BCUT2D eigenvalue weighted by molar-refractivity contribution is 0.555. The van der Waals surface area contributed by atoms with E-state index in [4.69, 9.17) is 0 Å². The molecule has 0 spiro atoms. The molecule has 104 valence electrons. The summed E-state index contributed by atoms with van der Waals surface area (Å²) in [5, 5.41) is 3.15. The summed E-state index contributed by atoms with van der Waals surface area (Å²) in [6.07, 6.45) is 2.76. The lowest BCUT2D eigenvalue weighted by Gasteiger charge is -2.15. The Labute approximate surface area is 112 Å². The molecule has 19 heavy (non-hydrogen) atoms. The summed E-state index contributed by atoms with van der Waals surface area (Å²) in [5.41, 5.74) is 1.43. The molecule has 0 radical (unpaired) electrons. The molecular formula is C13H17FN2O2S. The summed E-state index contributed by atoms with van der Waals surface area (Å²) in [7, 11) is -3.81. The van der Waals surface area contributed by atoms with Crippen molar-refractivity contribution in [1.82, 2.24) is 10.0 Å². The van der Waals surface area contributed by atoms with E-state index in [9.17, 15) is 12.8 Å². The van der Waals surface area contributed by atoms with Crippen LogP contribution in [0.4, 0.5) is 4.39 Å². The largest absolute Gasteiger partial charge is 0.313 e. The normalized spacial score (nSPS) is 16.2. The maximum Gasteiger partial charge on any atom is 0.244 e.